The Morgan fingerprint density at radius 2 is 1.36 bits per heavy atom. The van der Waals surface area contributed by atoms with Crippen LogP contribution in [-0.4, -0.2) is 79.7 Å². The number of carbonyl (C=O) groups is 4. The number of β-lactam (4-membered cyclic amide) rings is 1. The summed E-state index contributed by atoms with van der Waals surface area (Å²) >= 11 is 3.69. The van der Waals surface area contributed by atoms with Gasteiger partial charge in [-0.15, -0.1) is 34.9 Å². The second-order valence-corrected chi connectivity index (χ2v) is 20.5. The van der Waals surface area contributed by atoms with Crippen molar-refractivity contribution >= 4 is 69.5 Å². The molecule has 3 N–H and O–H groups in total. The zero-order chi connectivity index (χ0) is 52.5. The lowest BCUT2D eigenvalue weighted by molar-refractivity contribution is -0.719. The molecule has 3 atom stereocenters. The van der Waals surface area contributed by atoms with Crippen molar-refractivity contribution in [3.05, 3.63) is 226 Å². The molecule has 0 radical (unpaired) electrons. The zero-order valence-electron chi connectivity index (χ0n) is 40.0. The van der Waals surface area contributed by atoms with Gasteiger partial charge in [0.25, 0.3) is 11.8 Å². The first-order chi connectivity index (χ1) is 36.3. The van der Waals surface area contributed by atoms with E-state index >= 15 is 0 Å². The van der Waals surface area contributed by atoms with Crippen LogP contribution in [0.1, 0.15) is 53.0 Å². The van der Waals surface area contributed by atoms with E-state index in [1.165, 1.54) is 59.4 Å². The minimum Gasteiger partial charge on any atom is -0.477 e. The molecule has 0 spiro atoms. The summed E-state index contributed by atoms with van der Waals surface area (Å²) in [4.78, 5) is 67.5. The van der Waals surface area contributed by atoms with Crippen LogP contribution in [0, 0.1) is 0 Å². The highest BCUT2D eigenvalue weighted by Crippen LogP contribution is 2.43. The van der Waals surface area contributed by atoms with E-state index in [0.717, 1.165) is 37.3 Å². The highest BCUT2D eigenvalue weighted by Gasteiger charge is 2.54. The van der Waals surface area contributed by atoms with Gasteiger partial charge in [-0.2, -0.15) is 17.7 Å². The third kappa shape index (κ3) is 12.1. The average molecular weight is 1070 g/mol. The number of carboxylic acid groups (broad SMARTS) is 1. The molecule has 0 bridgehead atoms. The van der Waals surface area contributed by atoms with Gasteiger partial charge in [0, 0.05) is 33.9 Å². The minimum atomic E-state index is -4.39. The van der Waals surface area contributed by atoms with E-state index in [4.69, 9.17) is 14.6 Å². The van der Waals surface area contributed by atoms with E-state index < -0.39 is 65.6 Å². The van der Waals surface area contributed by atoms with Crippen LogP contribution in [0.5, 0.6) is 0 Å². The van der Waals surface area contributed by atoms with Gasteiger partial charge in [0.15, 0.2) is 29.3 Å². The van der Waals surface area contributed by atoms with Gasteiger partial charge in [0.1, 0.15) is 34.4 Å². The second kappa shape index (κ2) is 23.2. The van der Waals surface area contributed by atoms with Gasteiger partial charge in [-0.3, -0.25) is 19.3 Å². The number of anilines is 1. The van der Waals surface area contributed by atoms with Crippen molar-refractivity contribution in [3.63, 3.8) is 0 Å². The second-order valence-electron chi connectivity index (χ2n) is 17.5. The SMILES string of the molecule is CC(CC(=O)OC(c1ccccc1)c1ccccc1)O/N=C(\C(=O)N[C@@H]1C(=O)N2C(C(=O)O)=C(CSc3cc[n+](CC(F)(F)F)cc3)CS[C@H]12)c1csc(NC(c2ccccc2)(c2ccccc2)c2ccccc2)n1. The van der Waals surface area contributed by atoms with E-state index in [1.807, 2.05) is 152 Å². The Bertz CT molecular complexity index is 3050. The topological polar surface area (TPSA) is 163 Å². The monoisotopic (exact) mass is 1070 g/mol. The van der Waals surface area contributed by atoms with Crippen molar-refractivity contribution in [2.24, 2.45) is 5.16 Å². The number of pyridine rings is 1. The number of rotatable bonds is 20. The quantitative estimate of drug-likeness (QED) is 0.0127. The molecule has 5 aromatic carbocycles. The highest BCUT2D eigenvalue weighted by atomic mass is 32.2. The fraction of sp³-hybridized carbons (Fsp3) is 0.196. The average Bonchev–Trinajstić information content (AvgIpc) is 3.90. The number of nitrogens with one attached hydrogen (secondary N) is 2. The van der Waals surface area contributed by atoms with E-state index in [0.29, 0.717) is 15.6 Å². The van der Waals surface area contributed by atoms with Crippen LogP contribution in [0.3, 0.4) is 0 Å². The van der Waals surface area contributed by atoms with Crippen LogP contribution in [0.4, 0.5) is 18.3 Å². The number of halogens is 3. The number of ether oxygens (including phenoxy) is 1. The number of amides is 2. The van der Waals surface area contributed by atoms with Gasteiger partial charge >= 0.3 is 18.1 Å². The van der Waals surface area contributed by atoms with Crippen molar-refractivity contribution in [1.29, 1.82) is 0 Å². The Hall–Kier alpha value is -7.74. The van der Waals surface area contributed by atoms with E-state index in [2.05, 4.69) is 15.8 Å². The fourth-order valence-corrected chi connectivity index (χ4v) is 11.9. The summed E-state index contributed by atoms with van der Waals surface area (Å²) in [7, 11) is 0. The van der Waals surface area contributed by atoms with Crippen molar-refractivity contribution < 1.29 is 51.6 Å². The molecule has 2 amide bonds. The van der Waals surface area contributed by atoms with E-state index in [1.54, 1.807) is 12.3 Å². The number of carbonyl (C=O) groups excluding carboxylic acids is 3. The molecule has 1 unspecified atom stereocenters. The van der Waals surface area contributed by atoms with Crippen LogP contribution in [-0.2, 0) is 40.8 Å². The van der Waals surface area contributed by atoms with Crippen LogP contribution in [0.25, 0.3) is 0 Å². The Morgan fingerprint density at radius 1 is 0.827 bits per heavy atom. The summed E-state index contributed by atoms with van der Waals surface area (Å²) in [5.41, 5.74) is 3.26. The zero-order valence-corrected chi connectivity index (χ0v) is 42.5. The number of hydrogen-bond acceptors (Lipinski definition) is 12. The number of thioether (sulfide) groups is 2. The summed E-state index contributed by atoms with van der Waals surface area (Å²) in [5, 5.41) is 22.4. The Morgan fingerprint density at radius 3 is 1.88 bits per heavy atom. The van der Waals surface area contributed by atoms with Gasteiger partial charge in [-0.05, 0) is 40.3 Å². The maximum Gasteiger partial charge on any atom is 0.448 e. The van der Waals surface area contributed by atoms with Gasteiger partial charge < -0.3 is 25.3 Å². The van der Waals surface area contributed by atoms with Gasteiger partial charge in [-0.1, -0.05) is 157 Å². The number of alkyl halides is 3. The smallest absolute Gasteiger partial charge is 0.448 e. The largest absolute Gasteiger partial charge is 0.477 e. The number of oxime groups is 1. The molecule has 7 aromatic rings. The lowest BCUT2D eigenvalue weighted by atomic mass is 9.77. The Kier molecular flexibility index (Phi) is 16.1. The van der Waals surface area contributed by atoms with Crippen LogP contribution in [0.2, 0.25) is 0 Å². The van der Waals surface area contributed by atoms with Crippen molar-refractivity contribution in [2.75, 3.05) is 16.8 Å². The molecule has 1 saturated heterocycles. The summed E-state index contributed by atoms with van der Waals surface area (Å²) < 4.78 is 45.8. The number of fused-ring (bicyclic) bond motifs is 1. The first-order valence-electron chi connectivity index (χ1n) is 23.6. The lowest BCUT2D eigenvalue weighted by Crippen LogP contribution is -2.71. The molecule has 2 aliphatic rings. The van der Waals surface area contributed by atoms with E-state index in [-0.39, 0.29) is 35.0 Å². The number of nitrogens with zero attached hydrogens (tertiary/aromatic N) is 4. The van der Waals surface area contributed by atoms with Crippen molar-refractivity contribution in [3.8, 4) is 0 Å². The first kappa shape index (κ1) is 52.1. The number of carboxylic acids is 1. The fourth-order valence-electron chi connectivity index (χ4n) is 8.79. The number of thiazole rings is 1. The minimum absolute atomic E-state index is 0.0845. The molecule has 0 aliphatic carbocycles. The standard InChI is InChI=1S/C56H47F3N6O7S3/c1-36(31-45(66)71-49(37-17-7-2-8-18-37)38-19-9-3-10-20-38)72-63-46(44-34-75-54(60-44)62-56(40-21-11-4-12-22-40,41-23-13-5-14-24-41)42-25-15-6-16-26-42)50(67)61-47-51(68)65-48(53(69)70)39(33-74-52(47)65)32-73-43-27-29-64(30-28-43)35-55(57,58)59/h2-30,34,36,47,49,52H,31-33,35H2,1H3,(H2-,60,61,62,67,69,70)/p+1/b63-46-/t36?,47-,52-/m1/s1. The van der Waals surface area contributed by atoms with Crippen LogP contribution >= 0.6 is 34.9 Å². The number of benzene rings is 5. The summed E-state index contributed by atoms with van der Waals surface area (Å²) in [6, 6.07) is 50.1. The van der Waals surface area contributed by atoms with Crippen LogP contribution < -0.4 is 15.2 Å². The molecule has 13 nitrogen and oxygen atoms in total. The number of aliphatic carboxylic acids is 1. The molecule has 2 aliphatic heterocycles. The number of esters is 1. The maximum atomic E-state index is 14.6. The molecular formula is C56H48F3N6O7S3+. The predicted molar refractivity (Wildman–Crippen MR) is 281 cm³/mol. The van der Waals surface area contributed by atoms with Gasteiger partial charge in [0.2, 0.25) is 6.54 Å². The van der Waals surface area contributed by atoms with Gasteiger partial charge in [-0.25, -0.2) is 9.78 Å². The van der Waals surface area contributed by atoms with Crippen LogP contribution in [0.15, 0.2) is 203 Å². The Labute approximate surface area is 442 Å². The van der Waals surface area contributed by atoms with Gasteiger partial charge in [0.05, 0.1) is 6.42 Å². The molecule has 4 heterocycles. The normalized spacial score (nSPS) is 16.1. The molecule has 75 heavy (non-hydrogen) atoms. The summed E-state index contributed by atoms with van der Waals surface area (Å²) in [6.07, 6.45) is -3.69. The Balaban J connectivity index is 0.979. The molecule has 2 aromatic heterocycles. The maximum absolute atomic E-state index is 14.6. The molecular weight excluding hydrogens is 1020 g/mol. The lowest BCUT2D eigenvalue weighted by Gasteiger charge is -2.49. The molecule has 0 saturated carbocycles. The summed E-state index contributed by atoms with van der Waals surface area (Å²) in [5.74, 6) is -3.11. The predicted octanol–water partition coefficient (Wildman–Crippen LogP) is 9.76. The number of aromatic nitrogens is 2. The molecule has 9 rings (SSSR count). The first-order valence-corrected chi connectivity index (χ1v) is 26.5. The molecule has 382 valence electrons. The molecule has 1 fully saturated rings. The van der Waals surface area contributed by atoms with Crippen molar-refractivity contribution in [1.82, 2.24) is 15.2 Å². The van der Waals surface area contributed by atoms with E-state index in [9.17, 15) is 37.5 Å². The summed E-state index contributed by atoms with van der Waals surface area (Å²) in [6.45, 7) is 0.452. The number of hydrogen-bond donors (Lipinski definition) is 3. The third-order valence-corrected chi connectivity index (χ3v) is 15.5. The van der Waals surface area contributed by atoms with Crippen molar-refractivity contribution in [2.45, 2.75) is 60.1 Å². The molecule has 19 heteroatoms. The third-order valence-electron chi connectivity index (χ3n) is 12.3. The highest BCUT2D eigenvalue weighted by molar-refractivity contribution is 8.01.